The second-order valence-electron chi connectivity index (χ2n) is 15.2. The van der Waals surface area contributed by atoms with E-state index in [2.05, 4.69) is 245 Å². The molecule has 8 rings (SSSR count). The van der Waals surface area contributed by atoms with Crippen molar-refractivity contribution in [1.82, 2.24) is 0 Å². The Morgan fingerprint density at radius 3 is 1.85 bits per heavy atom. The Morgan fingerprint density at radius 1 is 0.636 bits per heavy atom. The van der Waals surface area contributed by atoms with Gasteiger partial charge in [-0.05, 0) is 101 Å². The Kier molecular flexibility index (Phi) is 10.2. The molecule has 272 valence electrons. The van der Waals surface area contributed by atoms with Gasteiger partial charge in [-0.1, -0.05) is 159 Å². The van der Waals surface area contributed by atoms with Gasteiger partial charge in [0.05, 0.1) is 5.41 Å². The highest BCUT2D eigenvalue weighted by molar-refractivity contribution is 9.12. The smallest absolute Gasteiger partial charge is 0.210 e. The molecule has 2 heterocycles. The van der Waals surface area contributed by atoms with Crippen LogP contribution in [0.4, 0.5) is 11.4 Å². The average Bonchev–Trinajstić information content (AvgIpc) is 3.54. The summed E-state index contributed by atoms with van der Waals surface area (Å²) in [6.45, 7) is 4.80. The highest BCUT2D eigenvalue weighted by Gasteiger charge is 2.48. The summed E-state index contributed by atoms with van der Waals surface area (Å²) < 4.78 is 4.33. The molecule has 0 aromatic heterocycles. The van der Waals surface area contributed by atoms with Crippen molar-refractivity contribution in [1.29, 1.82) is 0 Å². The van der Waals surface area contributed by atoms with Crippen LogP contribution >= 0.6 is 31.9 Å². The van der Waals surface area contributed by atoms with Gasteiger partial charge >= 0.3 is 0 Å². The molecule has 2 unspecified atom stereocenters. The van der Waals surface area contributed by atoms with Gasteiger partial charge in [0.15, 0.2) is 5.71 Å². The number of hydrogen-bond acceptors (Lipinski definition) is 1. The summed E-state index contributed by atoms with van der Waals surface area (Å²) in [4.78, 5) is 2.37. The maximum absolute atomic E-state index is 3.83. The highest BCUT2D eigenvalue weighted by Crippen LogP contribution is 2.52. The Hall–Kier alpha value is -5.03. The summed E-state index contributed by atoms with van der Waals surface area (Å²) in [5.74, 6) is 0. The predicted octanol–water partition coefficient (Wildman–Crippen LogP) is 13.4. The first-order chi connectivity index (χ1) is 26.7. The lowest BCUT2D eigenvalue weighted by Crippen LogP contribution is -2.33. The summed E-state index contributed by atoms with van der Waals surface area (Å²) >= 11 is 7.67. The van der Waals surface area contributed by atoms with Crippen LogP contribution in [-0.4, -0.2) is 24.4 Å². The van der Waals surface area contributed by atoms with Crippen LogP contribution in [0.5, 0.6) is 0 Å². The molecular weight excluding hydrogens is 800 g/mol. The Bertz CT molecular complexity index is 2610. The quantitative estimate of drug-likeness (QED) is 0.104. The van der Waals surface area contributed by atoms with E-state index in [0.29, 0.717) is 0 Å². The number of halogens is 2. The van der Waals surface area contributed by atoms with E-state index in [1.165, 1.54) is 66.6 Å². The largest absolute Gasteiger partial charge is 0.347 e. The van der Waals surface area contributed by atoms with E-state index in [1.807, 2.05) is 0 Å². The third kappa shape index (κ3) is 6.92. The summed E-state index contributed by atoms with van der Waals surface area (Å²) in [5, 5.41) is 5.19. The van der Waals surface area contributed by atoms with E-state index in [4.69, 9.17) is 0 Å². The zero-order valence-corrected chi connectivity index (χ0v) is 35.0. The molecule has 6 aromatic rings. The molecule has 0 saturated carbocycles. The molecule has 0 amide bonds. The van der Waals surface area contributed by atoms with Gasteiger partial charge in [0, 0.05) is 50.5 Å². The van der Waals surface area contributed by atoms with Crippen LogP contribution in [0.2, 0.25) is 0 Å². The van der Waals surface area contributed by atoms with Crippen LogP contribution < -0.4 is 4.90 Å². The molecule has 0 spiro atoms. The Labute approximate surface area is 342 Å². The second-order valence-corrected chi connectivity index (χ2v) is 17.0. The molecule has 55 heavy (non-hydrogen) atoms. The molecule has 0 fully saturated rings. The van der Waals surface area contributed by atoms with Crippen LogP contribution in [-0.2, 0) is 23.7 Å². The number of hydrogen-bond donors (Lipinski definition) is 0. The summed E-state index contributed by atoms with van der Waals surface area (Å²) in [7, 11) is 4.40. The van der Waals surface area contributed by atoms with Gasteiger partial charge in [0.2, 0.25) is 5.69 Å². The Balaban J connectivity index is 1.07. The normalized spacial score (nSPS) is 20.8. The fourth-order valence-electron chi connectivity index (χ4n) is 9.14. The topological polar surface area (TPSA) is 6.25 Å². The number of fused-ring (bicyclic) bond motifs is 6. The molecule has 2 nitrogen and oxygen atoms in total. The summed E-state index contributed by atoms with van der Waals surface area (Å²) in [6.07, 6.45) is 17.1. The molecule has 0 saturated heterocycles. The van der Waals surface area contributed by atoms with E-state index >= 15 is 0 Å². The molecule has 0 bridgehead atoms. The first-order valence-electron chi connectivity index (χ1n) is 18.9. The maximum atomic E-state index is 3.83. The first kappa shape index (κ1) is 36.9. The number of allylic oxidation sites excluding steroid dienone is 10. The van der Waals surface area contributed by atoms with Crippen molar-refractivity contribution in [2.75, 3.05) is 19.0 Å². The fraction of sp³-hybridized carbons (Fsp3) is 0.157. The van der Waals surface area contributed by atoms with Gasteiger partial charge in [-0.2, -0.15) is 4.58 Å². The van der Waals surface area contributed by atoms with Gasteiger partial charge in [-0.15, -0.1) is 0 Å². The standard InChI is InChI=1S/C51H45Br2N2/c1-50(34-36-17-7-5-8-18-36)46(54(3)44-31-29-38-21-11-13-25-42(38)48(44)50)27-15-23-40(52)33-41(53)24-16-28-47-51(2,35-37-19-9-6-10-20-37)49-43-26-14-12-22-39(43)30-32-45(49)55(47)4/h5-33H,34-35H2,1-4H3/q+1. The van der Waals surface area contributed by atoms with Crippen LogP contribution in [0.15, 0.2) is 191 Å². The SMILES string of the molecule is CN1/C(=C/C=C/C(Br)=C/C(Br)=C/C=C/C2=[N+](C)c3ccc4ccccc4c3C2(C)Cc2ccccc2)C(C)(Cc2ccccc2)c2c1ccc1ccccc21. The molecule has 0 radical (unpaired) electrons. The lowest BCUT2D eigenvalue weighted by Gasteiger charge is -2.29. The van der Waals surface area contributed by atoms with Crippen LogP contribution in [0.1, 0.15) is 36.1 Å². The first-order valence-corrected chi connectivity index (χ1v) is 20.5. The average molecular weight is 846 g/mol. The van der Waals surface area contributed by atoms with E-state index < -0.39 is 0 Å². The lowest BCUT2D eigenvalue weighted by molar-refractivity contribution is -0.401. The van der Waals surface area contributed by atoms with Gasteiger partial charge in [0.25, 0.3) is 0 Å². The van der Waals surface area contributed by atoms with Crippen molar-refractivity contribution in [3.05, 3.63) is 213 Å². The van der Waals surface area contributed by atoms with Crippen molar-refractivity contribution in [2.45, 2.75) is 37.5 Å². The van der Waals surface area contributed by atoms with Crippen LogP contribution in [0.3, 0.4) is 0 Å². The van der Waals surface area contributed by atoms with Crippen LogP contribution in [0.25, 0.3) is 21.5 Å². The zero-order chi connectivity index (χ0) is 38.2. The van der Waals surface area contributed by atoms with Gasteiger partial charge in [0.1, 0.15) is 7.05 Å². The molecule has 6 aromatic carbocycles. The number of likely N-dealkylation sites (N-methyl/N-ethyl adjacent to an activating group) is 1. The van der Waals surface area contributed by atoms with Gasteiger partial charge in [-0.25, -0.2) is 0 Å². The maximum Gasteiger partial charge on any atom is 0.210 e. The number of rotatable bonds is 9. The van der Waals surface area contributed by atoms with Gasteiger partial charge < -0.3 is 4.90 Å². The zero-order valence-electron chi connectivity index (χ0n) is 31.8. The molecule has 2 aliphatic heterocycles. The number of benzene rings is 6. The van der Waals surface area contributed by atoms with Crippen molar-refractivity contribution in [3.63, 3.8) is 0 Å². The summed E-state index contributed by atoms with van der Waals surface area (Å²) in [5.41, 5.74) is 10.1. The Morgan fingerprint density at radius 2 is 1.20 bits per heavy atom. The van der Waals surface area contributed by atoms with Crippen LogP contribution in [0, 0.1) is 0 Å². The van der Waals surface area contributed by atoms with E-state index in [0.717, 1.165) is 21.8 Å². The predicted molar refractivity (Wildman–Crippen MR) is 243 cm³/mol. The minimum atomic E-state index is -0.204. The number of anilines is 1. The minimum absolute atomic E-state index is 0.204. The van der Waals surface area contributed by atoms with Crippen molar-refractivity contribution < 1.29 is 4.58 Å². The summed E-state index contributed by atoms with van der Waals surface area (Å²) in [6, 6.07) is 48.3. The minimum Gasteiger partial charge on any atom is -0.347 e. The fourth-order valence-corrected chi connectivity index (χ4v) is 10.2. The van der Waals surface area contributed by atoms with Crippen molar-refractivity contribution in [3.8, 4) is 0 Å². The third-order valence-corrected chi connectivity index (χ3v) is 12.6. The van der Waals surface area contributed by atoms with E-state index in [-0.39, 0.29) is 10.8 Å². The molecule has 4 heteroatoms. The number of nitrogens with zero attached hydrogens (tertiary/aromatic N) is 2. The molecule has 0 aliphatic carbocycles. The van der Waals surface area contributed by atoms with Gasteiger partial charge in [-0.3, -0.25) is 0 Å². The lowest BCUT2D eigenvalue weighted by atomic mass is 9.73. The molecule has 2 aliphatic rings. The molecule has 2 atom stereocenters. The second kappa shape index (κ2) is 15.2. The van der Waals surface area contributed by atoms with E-state index in [9.17, 15) is 0 Å². The monoisotopic (exact) mass is 843 g/mol. The van der Waals surface area contributed by atoms with Crippen molar-refractivity contribution in [2.24, 2.45) is 0 Å². The third-order valence-electron chi connectivity index (χ3n) is 11.6. The molecule has 0 N–H and O–H groups in total. The molecular formula is C51H45Br2N2+. The highest BCUT2D eigenvalue weighted by atomic mass is 79.9. The van der Waals surface area contributed by atoms with E-state index in [1.54, 1.807) is 0 Å². The van der Waals surface area contributed by atoms with Crippen molar-refractivity contribution >= 4 is 70.5 Å².